The van der Waals surface area contributed by atoms with Gasteiger partial charge in [0.15, 0.2) is 0 Å². The number of carbonyl (C=O) groups excluding carboxylic acids is 1. The Balaban J connectivity index is 1.62. The van der Waals surface area contributed by atoms with Crippen molar-refractivity contribution in [2.24, 2.45) is 0 Å². The van der Waals surface area contributed by atoms with E-state index in [9.17, 15) is 4.79 Å². The topological polar surface area (TPSA) is 54.5 Å². The fourth-order valence-electron chi connectivity index (χ4n) is 2.72. The van der Waals surface area contributed by atoms with E-state index in [1.165, 1.54) is 12.8 Å². The van der Waals surface area contributed by atoms with Gasteiger partial charge in [-0.2, -0.15) is 0 Å². The first-order chi connectivity index (χ1) is 11.3. The monoisotopic (exact) mass is 311 g/mol. The number of hydrogen-bond donors (Lipinski definition) is 1. The number of hydrogen-bond acceptors (Lipinski definition) is 4. The van der Waals surface area contributed by atoms with Gasteiger partial charge in [-0.05, 0) is 42.7 Å². The number of aromatic nitrogens is 1. The smallest absolute Gasteiger partial charge is 0.255 e. The third-order valence-electron chi connectivity index (χ3n) is 3.96. The van der Waals surface area contributed by atoms with Crippen molar-refractivity contribution in [1.29, 1.82) is 0 Å². The minimum atomic E-state index is -0.135. The molecule has 2 aromatic rings. The highest BCUT2D eigenvalue weighted by molar-refractivity contribution is 6.04. The van der Waals surface area contributed by atoms with E-state index in [4.69, 9.17) is 4.74 Å². The number of amides is 1. The SMILES string of the molecule is COCc1ccc(C(=O)Nc2ccc(N3CCCC3)nc2)cc1. The first kappa shape index (κ1) is 15.5. The van der Waals surface area contributed by atoms with E-state index >= 15 is 0 Å². The van der Waals surface area contributed by atoms with Crippen molar-refractivity contribution in [2.45, 2.75) is 19.4 Å². The predicted octanol–water partition coefficient (Wildman–Crippen LogP) is 3.08. The highest BCUT2D eigenvalue weighted by Crippen LogP contribution is 2.19. The van der Waals surface area contributed by atoms with Crippen LogP contribution in [0.25, 0.3) is 0 Å². The summed E-state index contributed by atoms with van der Waals surface area (Å²) in [4.78, 5) is 18.9. The van der Waals surface area contributed by atoms with Gasteiger partial charge in [-0.15, -0.1) is 0 Å². The molecule has 1 amide bonds. The maximum atomic E-state index is 12.2. The van der Waals surface area contributed by atoms with Gasteiger partial charge in [0.25, 0.3) is 5.91 Å². The maximum absolute atomic E-state index is 12.2. The molecule has 0 radical (unpaired) electrons. The van der Waals surface area contributed by atoms with Crippen LogP contribution in [0.15, 0.2) is 42.6 Å². The Labute approximate surface area is 136 Å². The molecule has 1 aromatic heterocycles. The molecule has 23 heavy (non-hydrogen) atoms. The van der Waals surface area contributed by atoms with Crippen LogP contribution < -0.4 is 10.2 Å². The molecule has 0 saturated carbocycles. The molecule has 120 valence electrons. The van der Waals surface area contributed by atoms with Crippen LogP contribution in [-0.4, -0.2) is 31.1 Å². The third-order valence-corrected chi connectivity index (χ3v) is 3.96. The summed E-state index contributed by atoms with van der Waals surface area (Å²) in [5, 5.41) is 2.88. The molecule has 0 unspecified atom stereocenters. The second-order valence-electron chi connectivity index (χ2n) is 5.68. The van der Waals surface area contributed by atoms with Crippen LogP contribution in [0.3, 0.4) is 0 Å². The minimum absolute atomic E-state index is 0.135. The second kappa shape index (κ2) is 7.24. The quantitative estimate of drug-likeness (QED) is 0.922. The first-order valence-corrected chi connectivity index (χ1v) is 7.86. The molecule has 0 aliphatic carbocycles. The number of pyridine rings is 1. The summed E-state index contributed by atoms with van der Waals surface area (Å²) in [6.45, 7) is 2.67. The van der Waals surface area contributed by atoms with Gasteiger partial charge in [0.1, 0.15) is 5.82 Å². The fourth-order valence-corrected chi connectivity index (χ4v) is 2.72. The van der Waals surface area contributed by atoms with Crippen LogP contribution in [0, 0.1) is 0 Å². The lowest BCUT2D eigenvalue weighted by atomic mass is 10.1. The molecule has 1 saturated heterocycles. The van der Waals surface area contributed by atoms with Crippen molar-refractivity contribution >= 4 is 17.4 Å². The number of ether oxygens (including phenoxy) is 1. The van der Waals surface area contributed by atoms with Gasteiger partial charge in [0, 0.05) is 25.8 Å². The molecule has 1 aliphatic rings. The van der Waals surface area contributed by atoms with Gasteiger partial charge in [0.2, 0.25) is 0 Å². The molecule has 1 fully saturated rings. The van der Waals surface area contributed by atoms with Crippen molar-refractivity contribution in [1.82, 2.24) is 4.98 Å². The van der Waals surface area contributed by atoms with Crippen LogP contribution in [0.2, 0.25) is 0 Å². The number of nitrogens with zero attached hydrogens (tertiary/aromatic N) is 2. The normalized spacial score (nSPS) is 14.0. The lowest BCUT2D eigenvalue weighted by Gasteiger charge is -2.16. The van der Waals surface area contributed by atoms with Crippen LogP contribution in [-0.2, 0) is 11.3 Å². The molecular weight excluding hydrogens is 290 g/mol. The van der Waals surface area contributed by atoms with Gasteiger partial charge >= 0.3 is 0 Å². The van der Waals surface area contributed by atoms with Gasteiger partial charge in [-0.1, -0.05) is 12.1 Å². The maximum Gasteiger partial charge on any atom is 0.255 e. The summed E-state index contributed by atoms with van der Waals surface area (Å²) < 4.78 is 5.06. The van der Waals surface area contributed by atoms with Gasteiger partial charge in [-0.3, -0.25) is 4.79 Å². The number of benzene rings is 1. The summed E-state index contributed by atoms with van der Waals surface area (Å²) >= 11 is 0. The molecule has 1 aromatic carbocycles. The lowest BCUT2D eigenvalue weighted by Crippen LogP contribution is -2.19. The predicted molar refractivity (Wildman–Crippen MR) is 90.8 cm³/mol. The number of rotatable bonds is 5. The zero-order chi connectivity index (χ0) is 16.1. The molecule has 3 rings (SSSR count). The Bertz CT molecular complexity index is 647. The summed E-state index contributed by atoms with van der Waals surface area (Å²) in [5.41, 5.74) is 2.37. The molecule has 1 aliphatic heterocycles. The number of anilines is 2. The largest absolute Gasteiger partial charge is 0.380 e. The van der Waals surface area contributed by atoms with E-state index in [-0.39, 0.29) is 5.91 Å². The van der Waals surface area contributed by atoms with Gasteiger partial charge < -0.3 is 15.0 Å². The first-order valence-electron chi connectivity index (χ1n) is 7.86. The van der Waals surface area contributed by atoms with Crippen molar-refractivity contribution in [3.05, 3.63) is 53.7 Å². The molecular formula is C18H21N3O2. The molecule has 5 heteroatoms. The molecule has 5 nitrogen and oxygen atoms in total. The Morgan fingerprint density at radius 3 is 2.52 bits per heavy atom. The standard InChI is InChI=1S/C18H21N3O2/c1-23-13-14-4-6-15(7-5-14)18(22)20-16-8-9-17(19-12-16)21-10-2-3-11-21/h4-9,12H,2-3,10-11,13H2,1H3,(H,20,22). The Hall–Kier alpha value is -2.40. The molecule has 2 heterocycles. The van der Waals surface area contributed by atoms with Crippen LogP contribution in [0.5, 0.6) is 0 Å². The lowest BCUT2D eigenvalue weighted by molar-refractivity contribution is 0.102. The van der Waals surface area contributed by atoms with Crippen LogP contribution >= 0.6 is 0 Å². The van der Waals surface area contributed by atoms with Crippen LogP contribution in [0.4, 0.5) is 11.5 Å². The number of carbonyl (C=O) groups is 1. The van der Waals surface area contributed by atoms with Crippen molar-refractivity contribution in [2.75, 3.05) is 30.4 Å². The van der Waals surface area contributed by atoms with Crippen molar-refractivity contribution in [3.8, 4) is 0 Å². The zero-order valence-electron chi connectivity index (χ0n) is 13.3. The molecule has 0 bridgehead atoms. The Morgan fingerprint density at radius 1 is 1.17 bits per heavy atom. The summed E-state index contributed by atoms with van der Waals surface area (Å²) in [6.07, 6.45) is 4.16. The van der Waals surface area contributed by atoms with E-state index in [1.807, 2.05) is 24.3 Å². The van der Waals surface area contributed by atoms with E-state index < -0.39 is 0 Å². The average molecular weight is 311 g/mol. The summed E-state index contributed by atoms with van der Waals surface area (Å²) in [7, 11) is 1.65. The van der Waals surface area contributed by atoms with Gasteiger partial charge in [0.05, 0.1) is 18.5 Å². The zero-order valence-corrected chi connectivity index (χ0v) is 13.3. The molecule has 0 atom stereocenters. The highest BCUT2D eigenvalue weighted by Gasteiger charge is 2.13. The third kappa shape index (κ3) is 3.87. The average Bonchev–Trinajstić information content (AvgIpc) is 3.11. The Kier molecular flexibility index (Phi) is 4.88. The van der Waals surface area contributed by atoms with E-state index in [1.54, 1.807) is 25.4 Å². The minimum Gasteiger partial charge on any atom is -0.380 e. The second-order valence-corrected chi connectivity index (χ2v) is 5.68. The summed E-state index contributed by atoms with van der Waals surface area (Å²) in [5.74, 6) is 0.842. The van der Waals surface area contributed by atoms with Crippen LogP contribution in [0.1, 0.15) is 28.8 Å². The molecule has 0 spiro atoms. The number of methoxy groups -OCH3 is 1. The number of nitrogens with one attached hydrogen (secondary N) is 1. The Morgan fingerprint density at radius 2 is 1.91 bits per heavy atom. The van der Waals surface area contributed by atoms with E-state index in [2.05, 4.69) is 15.2 Å². The van der Waals surface area contributed by atoms with Gasteiger partial charge in [-0.25, -0.2) is 4.98 Å². The van der Waals surface area contributed by atoms with Crippen molar-refractivity contribution < 1.29 is 9.53 Å². The molecule has 1 N–H and O–H groups in total. The van der Waals surface area contributed by atoms with Crippen molar-refractivity contribution in [3.63, 3.8) is 0 Å². The summed E-state index contributed by atoms with van der Waals surface area (Å²) in [6, 6.07) is 11.3. The highest BCUT2D eigenvalue weighted by atomic mass is 16.5. The van der Waals surface area contributed by atoms with E-state index in [0.717, 1.165) is 24.5 Å². The fraction of sp³-hybridized carbons (Fsp3) is 0.333. The van der Waals surface area contributed by atoms with E-state index in [0.29, 0.717) is 17.9 Å².